The number of aryl methyl sites for hydroxylation is 2. The third-order valence-corrected chi connectivity index (χ3v) is 7.24. The van der Waals surface area contributed by atoms with Crippen LogP contribution in [0, 0.1) is 0 Å². The van der Waals surface area contributed by atoms with Crippen LogP contribution in [0.5, 0.6) is 11.5 Å². The van der Waals surface area contributed by atoms with Crippen molar-refractivity contribution in [1.82, 2.24) is 5.32 Å². The number of thiophene rings is 1. The van der Waals surface area contributed by atoms with Crippen LogP contribution in [-0.2, 0) is 30.6 Å². The summed E-state index contributed by atoms with van der Waals surface area (Å²) < 4.78 is 10.6. The van der Waals surface area contributed by atoms with E-state index in [1.54, 1.807) is 25.6 Å². The molecule has 3 aromatic rings. The lowest BCUT2D eigenvalue weighted by Gasteiger charge is -2.13. The predicted octanol–water partition coefficient (Wildman–Crippen LogP) is 5.15. The molecular weight excluding hydrogens is 448 g/mol. The van der Waals surface area contributed by atoms with Gasteiger partial charge in [0.2, 0.25) is 5.91 Å². The molecule has 7 heteroatoms. The minimum atomic E-state index is -0.126. The van der Waals surface area contributed by atoms with E-state index in [2.05, 4.69) is 10.6 Å². The van der Waals surface area contributed by atoms with Gasteiger partial charge in [0.05, 0.1) is 19.8 Å². The lowest BCUT2D eigenvalue weighted by Crippen LogP contribution is -2.25. The number of rotatable bonds is 9. The first-order chi connectivity index (χ1) is 16.6. The molecule has 0 aliphatic heterocycles. The number of nitrogens with one attached hydrogen (secondary N) is 2. The Bertz CT molecular complexity index is 1160. The van der Waals surface area contributed by atoms with Crippen LogP contribution < -0.4 is 20.1 Å². The molecule has 2 N–H and O–H groups in total. The Kier molecular flexibility index (Phi) is 7.85. The zero-order chi connectivity index (χ0) is 23.9. The zero-order valence-electron chi connectivity index (χ0n) is 19.6. The van der Waals surface area contributed by atoms with Crippen LogP contribution in [0.2, 0.25) is 0 Å². The van der Waals surface area contributed by atoms with Crippen LogP contribution >= 0.6 is 11.3 Å². The monoisotopic (exact) mass is 478 g/mol. The number of hydrogen-bond donors (Lipinski definition) is 2. The molecule has 0 radical (unpaired) electrons. The molecule has 1 aliphatic carbocycles. The number of ether oxygens (including phenoxy) is 2. The van der Waals surface area contributed by atoms with Crippen LogP contribution in [0.3, 0.4) is 0 Å². The minimum absolute atomic E-state index is 0.106. The number of anilines is 1. The summed E-state index contributed by atoms with van der Waals surface area (Å²) in [5, 5.41) is 6.73. The largest absolute Gasteiger partial charge is 0.493 e. The van der Waals surface area contributed by atoms with Crippen molar-refractivity contribution in [2.45, 2.75) is 45.1 Å². The Balaban J connectivity index is 1.45. The van der Waals surface area contributed by atoms with E-state index in [9.17, 15) is 9.59 Å². The van der Waals surface area contributed by atoms with Gasteiger partial charge in [-0.3, -0.25) is 9.59 Å². The molecule has 178 valence electrons. The second-order valence-corrected chi connectivity index (χ2v) is 9.43. The lowest BCUT2D eigenvalue weighted by molar-refractivity contribution is -0.116. The summed E-state index contributed by atoms with van der Waals surface area (Å²) in [4.78, 5) is 27.2. The van der Waals surface area contributed by atoms with Crippen molar-refractivity contribution >= 4 is 28.2 Å². The van der Waals surface area contributed by atoms with E-state index in [4.69, 9.17) is 9.47 Å². The highest BCUT2D eigenvalue weighted by molar-refractivity contribution is 7.17. The van der Waals surface area contributed by atoms with Crippen molar-refractivity contribution in [1.29, 1.82) is 0 Å². The highest BCUT2D eigenvalue weighted by atomic mass is 32.1. The average Bonchev–Trinajstić information content (AvgIpc) is 3.24. The van der Waals surface area contributed by atoms with E-state index in [1.807, 2.05) is 48.5 Å². The Morgan fingerprint density at radius 2 is 1.71 bits per heavy atom. The molecule has 1 heterocycles. The smallest absolute Gasteiger partial charge is 0.254 e. The number of carbonyl (C=O) groups is 2. The van der Waals surface area contributed by atoms with Crippen molar-refractivity contribution in [3.8, 4) is 11.5 Å². The van der Waals surface area contributed by atoms with Gasteiger partial charge in [-0.25, -0.2) is 0 Å². The molecule has 1 aliphatic rings. The van der Waals surface area contributed by atoms with Crippen molar-refractivity contribution in [2.75, 3.05) is 19.5 Å². The molecule has 0 saturated heterocycles. The summed E-state index contributed by atoms with van der Waals surface area (Å²) in [7, 11) is 3.19. The van der Waals surface area contributed by atoms with Crippen molar-refractivity contribution in [3.63, 3.8) is 0 Å². The molecule has 0 atom stereocenters. The topological polar surface area (TPSA) is 76.7 Å². The fourth-order valence-corrected chi connectivity index (χ4v) is 5.55. The Hall–Kier alpha value is -3.32. The summed E-state index contributed by atoms with van der Waals surface area (Å²) in [6.07, 6.45) is 4.89. The standard InChI is InChI=1S/C27H30N2O4S/c1-32-21-14-12-18(16-22(21)33-2)13-15-24(30)29-27-25(20-10-6-7-11-23(20)34-27)26(31)28-17-19-8-4-3-5-9-19/h3-5,8-9,12,14,16H,6-7,10-11,13,15,17H2,1-2H3,(H,28,31)(H,29,30). The fourth-order valence-electron chi connectivity index (χ4n) is 4.24. The SMILES string of the molecule is COc1ccc(CCC(=O)Nc2sc3c(c2C(=O)NCc2ccccc2)CCCC3)cc1OC. The van der Waals surface area contributed by atoms with Gasteiger partial charge in [-0.2, -0.15) is 0 Å². The van der Waals surface area contributed by atoms with Gasteiger partial charge in [0.1, 0.15) is 5.00 Å². The molecule has 2 amide bonds. The molecular formula is C27H30N2O4S. The van der Waals surface area contributed by atoms with Crippen LogP contribution in [-0.4, -0.2) is 26.0 Å². The summed E-state index contributed by atoms with van der Waals surface area (Å²) in [5.41, 5.74) is 3.76. The molecule has 6 nitrogen and oxygen atoms in total. The van der Waals surface area contributed by atoms with Gasteiger partial charge < -0.3 is 20.1 Å². The first-order valence-corrected chi connectivity index (χ1v) is 12.4. The molecule has 0 fully saturated rings. The van der Waals surface area contributed by atoms with E-state index in [0.717, 1.165) is 42.4 Å². The molecule has 0 saturated carbocycles. The molecule has 4 rings (SSSR count). The fraction of sp³-hybridized carbons (Fsp3) is 0.333. The second kappa shape index (κ2) is 11.2. The first kappa shape index (κ1) is 23.8. The quantitative estimate of drug-likeness (QED) is 0.446. The first-order valence-electron chi connectivity index (χ1n) is 11.6. The van der Waals surface area contributed by atoms with Crippen molar-refractivity contribution < 1.29 is 19.1 Å². The molecule has 0 bridgehead atoms. The number of hydrogen-bond acceptors (Lipinski definition) is 5. The van der Waals surface area contributed by atoms with E-state index in [0.29, 0.717) is 41.4 Å². The highest BCUT2D eigenvalue weighted by Crippen LogP contribution is 2.38. The number of amides is 2. The molecule has 34 heavy (non-hydrogen) atoms. The zero-order valence-corrected chi connectivity index (χ0v) is 20.4. The highest BCUT2D eigenvalue weighted by Gasteiger charge is 2.26. The Morgan fingerprint density at radius 1 is 0.941 bits per heavy atom. The van der Waals surface area contributed by atoms with E-state index >= 15 is 0 Å². The Labute approximate surface area is 204 Å². The van der Waals surface area contributed by atoms with E-state index in [1.165, 1.54) is 4.88 Å². The number of carbonyl (C=O) groups excluding carboxylic acids is 2. The van der Waals surface area contributed by atoms with Gasteiger partial charge in [-0.05, 0) is 60.9 Å². The molecule has 1 aromatic heterocycles. The lowest BCUT2D eigenvalue weighted by atomic mass is 9.95. The third kappa shape index (κ3) is 5.59. The average molecular weight is 479 g/mol. The number of benzene rings is 2. The van der Waals surface area contributed by atoms with Crippen LogP contribution in [0.15, 0.2) is 48.5 Å². The van der Waals surface area contributed by atoms with Crippen molar-refractivity contribution in [2.24, 2.45) is 0 Å². The molecule has 0 spiro atoms. The molecule has 2 aromatic carbocycles. The van der Waals surface area contributed by atoms with Gasteiger partial charge >= 0.3 is 0 Å². The van der Waals surface area contributed by atoms with E-state index < -0.39 is 0 Å². The Morgan fingerprint density at radius 3 is 2.47 bits per heavy atom. The third-order valence-electron chi connectivity index (χ3n) is 6.04. The van der Waals surface area contributed by atoms with Gasteiger partial charge in [0.15, 0.2) is 11.5 Å². The maximum Gasteiger partial charge on any atom is 0.254 e. The number of methoxy groups -OCH3 is 2. The van der Waals surface area contributed by atoms with Crippen LogP contribution in [0.4, 0.5) is 5.00 Å². The van der Waals surface area contributed by atoms with Gasteiger partial charge in [-0.15, -0.1) is 11.3 Å². The van der Waals surface area contributed by atoms with E-state index in [-0.39, 0.29) is 11.8 Å². The summed E-state index contributed by atoms with van der Waals surface area (Å²) in [6.45, 7) is 0.455. The van der Waals surface area contributed by atoms with Crippen molar-refractivity contribution in [3.05, 3.63) is 75.7 Å². The normalized spacial score (nSPS) is 12.5. The van der Waals surface area contributed by atoms with Crippen LogP contribution in [0.1, 0.15) is 51.2 Å². The summed E-state index contributed by atoms with van der Waals surface area (Å²) in [6, 6.07) is 15.5. The van der Waals surface area contributed by atoms with Crippen LogP contribution in [0.25, 0.3) is 0 Å². The summed E-state index contributed by atoms with van der Waals surface area (Å²) >= 11 is 1.54. The van der Waals surface area contributed by atoms with Gasteiger partial charge in [0, 0.05) is 17.8 Å². The van der Waals surface area contributed by atoms with Gasteiger partial charge in [-0.1, -0.05) is 36.4 Å². The maximum atomic E-state index is 13.2. The van der Waals surface area contributed by atoms with Gasteiger partial charge in [0.25, 0.3) is 5.91 Å². The second-order valence-electron chi connectivity index (χ2n) is 8.32. The minimum Gasteiger partial charge on any atom is -0.493 e. The number of fused-ring (bicyclic) bond motifs is 1. The maximum absolute atomic E-state index is 13.2. The predicted molar refractivity (Wildman–Crippen MR) is 135 cm³/mol. The summed E-state index contributed by atoms with van der Waals surface area (Å²) in [5.74, 6) is 1.07. The molecule has 0 unspecified atom stereocenters.